The monoisotopic (exact) mass is 548 g/mol. The molecule has 160 valence electrons. The van der Waals surface area contributed by atoms with E-state index in [1.165, 1.54) is 24.3 Å². The third-order valence-electron chi connectivity index (χ3n) is 3.89. The van der Waals surface area contributed by atoms with Gasteiger partial charge >= 0.3 is 11.9 Å². The van der Waals surface area contributed by atoms with Crippen molar-refractivity contribution in [1.29, 1.82) is 0 Å². The Morgan fingerprint density at radius 3 is 2.23 bits per heavy atom. The number of carbonyl (C=O) groups is 2. The molecule has 0 aliphatic rings. The van der Waals surface area contributed by atoms with Crippen LogP contribution in [0.2, 0.25) is 0 Å². The highest BCUT2D eigenvalue weighted by molar-refractivity contribution is 9.11. The fourth-order valence-corrected chi connectivity index (χ4v) is 3.60. The second-order valence-corrected chi connectivity index (χ2v) is 7.93. The first-order valence-electron chi connectivity index (χ1n) is 9.25. The SMILES string of the molecule is O=C(COc1ccc(Br)cc1Br)Oc1ccc(C(=O)OCCOc2ccccc2)cc1. The summed E-state index contributed by atoms with van der Waals surface area (Å²) in [4.78, 5) is 24.1. The van der Waals surface area contributed by atoms with Gasteiger partial charge in [-0.3, -0.25) is 0 Å². The first-order valence-corrected chi connectivity index (χ1v) is 10.8. The maximum Gasteiger partial charge on any atom is 0.349 e. The van der Waals surface area contributed by atoms with Crippen LogP contribution in [0.3, 0.4) is 0 Å². The van der Waals surface area contributed by atoms with Crippen LogP contribution in [0.4, 0.5) is 0 Å². The second-order valence-electron chi connectivity index (χ2n) is 6.16. The quantitative estimate of drug-likeness (QED) is 0.201. The summed E-state index contributed by atoms with van der Waals surface area (Å²) < 4.78 is 22.9. The third-order valence-corrected chi connectivity index (χ3v) is 5.00. The number of esters is 2. The minimum Gasteiger partial charge on any atom is -0.490 e. The van der Waals surface area contributed by atoms with E-state index in [1.54, 1.807) is 12.1 Å². The molecular weight excluding hydrogens is 532 g/mol. The van der Waals surface area contributed by atoms with E-state index in [9.17, 15) is 9.59 Å². The number of carbonyl (C=O) groups excluding carboxylic acids is 2. The van der Waals surface area contributed by atoms with Gasteiger partial charge in [0.1, 0.15) is 30.5 Å². The van der Waals surface area contributed by atoms with E-state index in [2.05, 4.69) is 31.9 Å². The molecule has 3 aromatic carbocycles. The molecule has 6 nitrogen and oxygen atoms in total. The van der Waals surface area contributed by atoms with Gasteiger partial charge in [0.05, 0.1) is 10.0 Å². The minimum absolute atomic E-state index is 0.118. The van der Waals surface area contributed by atoms with Gasteiger partial charge < -0.3 is 18.9 Å². The van der Waals surface area contributed by atoms with Gasteiger partial charge in [0.15, 0.2) is 6.61 Å². The number of para-hydroxylation sites is 1. The Labute approximate surface area is 196 Å². The normalized spacial score (nSPS) is 10.3. The third kappa shape index (κ3) is 7.41. The lowest BCUT2D eigenvalue weighted by Crippen LogP contribution is -2.18. The first kappa shape index (κ1) is 22.8. The standard InChI is InChI=1S/C23H18Br2O6/c24-17-8-11-21(20(25)14-17)30-15-22(26)31-19-9-6-16(7-10-19)23(27)29-13-12-28-18-4-2-1-3-5-18/h1-11,14H,12-13,15H2. The topological polar surface area (TPSA) is 71.1 Å². The van der Waals surface area contributed by atoms with Crippen LogP contribution in [0.25, 0.3) is 0 Å². The lowest BCUT2D eigenvalue weighted by molar-refractivity contribution is -0.136. The highest BCUT2D eigenvalue weighted by atomic mass is 79.9. The minimum atomic E-state index is -0.566. The van der Waals surface area contributed by atoms with Gasteiger partial charge in [0.2, 0.25) is 0 Å². The molecule has 0 spiro atoms. The van der Waals surface area contributed by atoms with E-state index in [-0.39, 0.29) is 19.8 Å². The number of hydrogen-bond acceptors (Lipinski definition) is 6. The van der Waals surface area contributed by atoms with Crippen LogP contribution in [0, 0.1) is 0 Å². The van der Waals surface area contributed by atoms with Gasteiger partial charge in [-0.2, -0.15) is 0 Å². The average Bonchev–Trinajstić information content (AvgIpc) is 2.77. The van der Waals surface area contributed by atoms with Gasteiger partial charge in [-0.25, -0.2) is 9.59 Å². The summed E-state index contributed by atoms with van der Waals surface area (Å²) in [6.45, 7) is 0.110. The van der Waals surface area contributed by atoms with E-state index in [1.807, 2.05) is 36.4 Å². The zero-order valence-corrected chi connectivity index (χ0v) is 19.4. The van der Waals surface area contributed by atoms with Crippen LogP contribution in [0.1, 0.15) is 10.4 Å². The summed E-state index contributed by atoms with van der Waals surface area (Å²) in [5.74, 6) is 0.476. The van der Waals surface area contributed by atoms with Crippen molar-refractivity contribution in [3.8, 4) is 17.2 Å². The highest BCUT2D eigenvalue weighted by Gasteiger charge is 2.11. The van der Waals surface area contributed by atoms with Gasteiger partial charge in [-0.15, -0.1) is 0 Å². The molecule has 0 saturated heterocycles. The largest absolute Gasteiger partial charge is 0.490 e. The summed E-state index contributed by atoms with van der Waals surface area (Å²) in [7, 11) is 0. The molecule has 0 aliphatic heterocycles. The molecule has 0 aromatic heterocycles. The molecule has 0 radical (unpaired) electrons. The number of ether oxygens (including phenoxy) is 4. The van der Waals surface area contributed by atoms with Gasteiger partial charge in [0.25, 0.3) is 0 Å². The smallest absolute Gasteiger partial charge is 0.349 e. The van der Waals surface area contributed by atoms with Crippen LogP contribution in [-0.4, -0.2) is 31.8 Å². The molecule has 0 unspecified atom stereocenters. The summed E-state index contributed by atoms with van der Waals surface area (Å²) in [5.41, 5.74) is 0.342. The van der Waals surface area contributed by atoms with Crippen molar-refractivity contribution >= 4 is 43.8 Å². The molecule has 0 N–H and O–H groups in total. The van der Waals surface area contributed by atoms with Crippen molar-refractivity contribution in [2.24, 2.45) is 0 Å². The highest BCUT2D eigenvalue weighted by Crippen LogP contribution is 2.28. The number of halogens is 2. The second kappa shape index (κ2) is 11.5. The van der Waals surface area contributed by atoms with E-state index in [4.69, 9.17) is 18.9 Å². The molecule has 31 heavy (non-hydrogen) atoms. The summed E-state index contributed by atoms with van der Waals surface area (Å²) >= 11 is 6.71. The molecule has 0 atom stereocenters. The molecule has 3 aromatic rings. The Morgan fingerprint density at radius 2 is 1.52 bits per heavy atom. The fourth-order valence-electron chi connectivity index (χ4n) is 2.44. The number of hydrogen-bond donors (Lipinski definition) is 0. The van der Waals surface area contributed by atoms with Crippen LogP contribution in [-0.2, 0) is 9.53 Å². The van der Waals surface area contributed by atoms with Gasteiger partial charge in [0, 0.05) is 4.47 Å². The Bertz CT molecular complexity index is 1020. The van der Waals surface area contributed by atoms with E-state index in [0.717, 1.165) is 4.47 Å². The zero-order valence-electron chi connectivity index (χ0n) is 16.3. The molecule has 3 rings (SSSR count). The number of benzene rings is 3. The molecule has 0 heterocycles. The Balaban J connectivity index is 1.41. The molecule has 0 fully saturated rings. The van der Waals surface area contributed by atoms with Crippen LogP contribution < -0.4 is 14.2 Å². The fraction of sp³-hybridized carbons (Fsp3) is 0.130. The van der Waals surface area contributed by atoms with Crippen molar-refractivity contribution < 1.29 is 28.5 Å². The molecule has 0 bridgehead atoms. The van der Waals surface area contributed by atoms with E-state index >= 15 is 0 Å². The van der Waals surface area contributed by atoms with Crippen molar-refractivity contribution in [3.63, 3.8) is 0 Å². The molecule has 8 heteroatoms. The van der Waals surface area contributed by atoms with Crippen LogP contribution in [0.15, 0.2) is 81.7 Å². The van der Waals surface area contributed by atoms with E-state index in [0.29, 0.717) is 27.3 Å². The van der Waals surface area contributed by atoms with Crippen LogP contribution in [0.5, 0.6) is 17.2 Å². The van der Waals surface area contributed by atoms with Gasteiger partial charge in [-0.05, 0) is 70.5 Å². The Kier molecular flexibility index (Phi) is 8.49. The Hall–Kier alpha value is -2.84. The predicted octanol–water partition coefficient (Wildman–Crippen LogP) is 5.43. The summed E-state index contributed by atoms with van der Waals surface area (Å²) in [5, 5.41) is 0. The first-order chi connectivity index (χ1) is 15.0. The Morgan fingerprint density at radius 1 is 0.774 bits per heavy atom. The maximum atomic E-state index is 12.1. The lowest BCUT2D eigenvalue weighted by Gasteiger charge is -2.09. The molecular formula is C23H18Br2O6. The predicted molar refractivity (Wildman–Crippen MR) is 122 cm³/mol. The maximum absolute atomic E-state index is 12.1. The van der Waals surface area contributed by atoms with Gasteiger partial charge in [-0.1, -0.05) is 34.1 Å². The molecule has 0 aliphatic carbocycles. The average molecular weight is 550 g/mol. The lowest BCUT2D eigenvalue weighted by atomic mass is 10.2. The number of rotatable bonds is 9. The summed E-state index contributed by atoms with van der Waals surface area (Å²) in [6.07, 6.45) is 0. The van der Waals surface area contributed by atoms with Crippen LogP contribution >= 0.6 is 31.9 Å². The van der Waals surface area contributed by atoms with Crippen molar-refractivity contribution in [1.82, 2.24) is 0 Å². The molecule has 0 saturated carbocycles. The van der Waals surface area contributed by atoms with Crippen molar-refractivity contribution in [3.05, 3.63) is 87.3 Å². The summed E-state index contributed by atoms with van der Waals surface area (Å²) in [6, 6.07) is 20.7. The van der Waals surface area contributed by atoms with Crippen molar-refractivity contribution in [2.75, 3.05) is 19.8 Å². The zero-order chi connectivity index (χ0) is 22.1. The van der Waals surface area contributed by atoms with E-state index < -0.39 is 11.9 Å². The van der Waals surface area contributed by atoms with Crippen molar-refractivity contribution in [2.45, 2.75) is 0 Å². The molecule has 0 amide bonds.